The van der Waals surface area contributed by atoms with E-state index in [2.05, 4.69) is 9.97 Å². The Balaban J connectivity index is 2.05. The number of H-pyrrole nitrogens is 2. The van der Waals surface area contributed by atoms with Gasteiger partial charge in [-0.3, -0.25) is 4.79 Å². The zero-order valence-electron chi connectivity index (χ0n) is 11.7. The summed E-state index contributed by atoms with van der Waals surface area (Å²) in [5.41, 5.74) is 3.05. The quantitative estimate of drug-likeness (QED) is 0.724. The summed E-state index contributed by atoms with van der Waals surface area (Å²) < 4.78 is 5.24. The molecule has 0 amide bonds. The van der Waals surface area contributed by atoms with Gasteiger partial charge in [0, 0.05) is 11.1 Å². The van der Waals surface area contributed by atoms with E-state index in [9.17, 15) is 9.59 Å². The Morgan fingerprint density at radius 3 is 2.43 bits per heavy atom. The highest BCUT2D eigenvalue weighted by atomic mass is 16.5. The zero-order chi connectivity index (χ0) is 15.0. The minimum absolute atomic E-state index is 0.114. The number of ketones is 1. The fraction of sp³-hybridized carbons (Fsp3) is 0.125. The van der Waals surface area contributed by atoms with E-state index in [1.54, 1.807) is 37.4 Å². The number of aryl methyl sites for hydroxylation is 1. The molecule has 2 aromatic carbocycles. The average molecular weight is 282 g/mol. The van der Waals surface area contributed by atoms with Gasteiger partial charge in [0.05, 0.1) is 18.1 Å². The van der Waals surface area contributed by atoms with Gasteiger partial charge in [0.15, 0.2) is 5.78 Å². The monoisotopic (exact) mass is 282 g/mol. The summed E-state index contributed by atoms with van der Waals surface area (Å²) in [6.07, 6.45) is 0. The molecule has 0 bridgehead atoms. The van der Waals surface area contributed by atoms with Gasteiger partial charge < -0.3 is 14.7 Å². The molecule has 0 saturated heterocycles. The Labute approximate surface area is 120 Å². The third-order valence-electron chi connectivity index (χ3n) is 3.45. The number of hydrogen-bond acceptors (Lipinski definition) is 3. The molecule has 106 valence electrons. The van der Waals surface area contributed by atoms with E-state index < -0.39 is 0 Å². The van der Waals surface area contributed by atoms with Crippen molar-refractivity contribution in [2.45, 2.75) is 6.92 Å². The second kappa shape index (κ2) is 4.94. The Morgan fingerprint density at radius 2 is 1.67 bits per heavy atom. The molecule has 0 radical (unpaired) electrons. The van der Waals surface area contributed by atoms with Crippen molar-refractivity contribution >= 4 is 16.8 Å². The molecule has 3 aromatic rings. The second-order valence-corrected chi connectivity index (χ2v) is 4.85. The number of carbonyl (C=O) groups is 1. The number of aromatic amines is 2. The van der Waals surface area contributed by atoms with Crippen LogP contribution < -0.4 is 10.4 Å². The highest BCUT2D eigenvalue weighted by Gasteiger charge is 2.12. The molecule has 3 rings (SSSR count). The summed E-state index contributed by atoms with van der Waals surface area (Å²) in [6.45, 7) is 1.92. The van der Waals surface area contributed by atoms with Gasteiger partial charge in [-0.05, 0) is 36.8 Å². The Hall–Kier alpha value is -2.82. The third-order valence-corrected chi connectivity index (χ3v) is 3.45. The van der Waals surface area contributed by atoms with Crippen LogP contribution in [0.4, 0.5) is 0 Å². The van der Waals surface area contributed by atoms with Crippen molar-refractivity contribution in [3.05, 3.63) is 63.6 Å². The van der Waals surface area contributed by atoms with Crippen molar-refractivity contribution in [2.24, 2.45) is 0 Å². The molecule has 1 aromatic heterocycles. The highest BCUT2D eigenvalue weighted by Crippen LogP contribution is 2.22. The van der Waals surface area contributed by atoms with Crippen molar-refractivity contribution in [1.82, 2.24) is 9.97 Å². The lowest BCUT2D eigenvalue weighted by atomic mass is 10.0. The summed E-state index contributed by atoms with van der Waals surface area (Å²) in [6, 6.07) is 10.4. The molecule has 0 aliphatic rings. The summed E-state index contributed by atoms with van der Waals surface area (Å²) in [7, 11) is 1.58. The van der Waals surface area contributed by atoms with Crippen LogP contribution in [0.15, 0.2) is 41.2 Å². The van der Waals surface area contributed by atoms with Crippen LogP contribution in [0.25, 0.3) is 11.0 Å². The fourth-order valence-electron chi connectivity index (χ4n) is 2.30. The van der Waals surface area contributed by atoms with Gasteiger partial charge in [-0.1, -0.05) is 12.1 Å². The van der Waals surface area contributed by atoms with Gasteiger partial charge in [-0.2, -0.15) is 0 Å². The lowest BCUT2D eigenvalue weighted by Crippen LogP contribution is -2.02. The topological polar surface area (TPSA) is 75.0 Å². The molecule has 5 nitrogen and oxygen atoms in total. The summed E-state index contributed by atoms with van der Waals surface area (Å²) in [4.78, 5) is 29.1. The van der Waals surface area contributed by atoms with Crippen LogP contribution in [-0.2, 0) is 0 Å². The van der Waals surface area contributed by atoms with Gasteiger partial charge in [0.1, 0.15) is 5.75 Å². The minimum Gasteiger partial charge on any atom is -0.496 e. The first-order valence-electron chi connectivity index (χ1n) is 6.50. The molecule has 0 unspecified atom stereocenters. The van der Waals surface area contributed by atoms with Crippen molar-refractivity contribution in [2.75, 3.05) is 7.11 Å². The maximum Gasteiger partial charge on any atom is 0.323 e. The second-order valence-electron chi connectivity index (χ2n) is 4.85. The molecule has 0 fully saturated rings. The lowest BCUT2D eigenvalue weighted by molar-refractivity contribution is 0.103. The fourth-order valence-corrected chi connectivity index (χ4v) is 2.30. The first kappa shape index (κ1) is 13.2. The molecule has 2 N–H and O–H groups in total. The molecule has 0 spiro atoms. The number of nitrogens with one attached hydrogen (secondary N) is 2. The maximum absolute atomic E-state index is 12.5. The average Bonchev–Trinajstić information content (AvgIpc) is 2.86. The molecular formula is C16H14N2O3. The molecule has 1 heterocycles. The first-order chi connectivity index (χ1) is 10.1. The number of hydrogen-bond donors (Lipinski definition) is 2. The normalized spacial score (nSPS) is 10.8. The molecule has 0 saturated carbocycles. The minimum atomic E-state index is -0.286. The Kier molecular flexibility index (Phi) is 3.10. The Morgan fingerprint density at radius 1 is 1.00 bits per heavy atom. The number of methoxy groups -OCH3 is 1. The van der Waals surface area contributed by atoms with E-state index in [0.717, 1.165) is 5.56 Å². The lowest BCUT2D eigenvalue weighted by Gasteiger charge is -2.07. The van der Waals surface area contributed by atoms with Crippen LogP contribution >= 0.6 is 0 Å². The molecule has 0 aliphatic carbocycles. The SMILES string of the molecule is COc1cc(C(=O)c2ccc3[nH]c(=O)[nH]c3c2)ccc1C. The third kappa shape index (κ3) is 2.33. The number of rotatable bonds is 3. The van der Waals surface area contributed by atoms with Crippen LogP contribution in [0.3, 0.4) is 0 Å². The van der Waals surface area contributed by atoms with Gasteiger partial charge in [0.25, 0.3) is 0 Å². The number of carbonyl (C=O) groups excluding carboxylic acids is 1. The van der Waals surface area contributed by atoms with E-state index in [4.69, 9.17) is 4.74 Å². The first-order valence-corrected chi connectivity index (χ1v) is 6.50. The van der Waals surface area contributed by atoms with Crippen molar-refractivity contribution in [3.8, 4) is 5.75 Å². The molecule has 0 aliphatic heterocycles. The highest BCUT2D eigenvalue weighted by molar-refractivity contribution is 6.10. The smallest absolute Gasteiger partial charge is 0.323 e. The van der Waals surface area contributed by atoms with E-state index in [1.165, 1.54) is 0 Å². The molecular weight excluding hydrogens is 268 g/mol. The van der Waals surface area contributed by atoms with E-state index in [0.29, 0.717) is 27.9 Å². The summed E-state index contributed by atoms with van der Waals surface area (Å²) in [5, 5.41) is 0. The maximum atomic E-state index is 12.5. The largest absolute Gasteiger partial charge is 0.496 e. The number of imidazole rings is 1. The zero-order valence-corrected chi connectivity index (χ0v) is 11.7. The summed E-state index contributed by atoms with van der Waals surface area (Å²) in [5.74, 6) is 0.564. The predicted molar refractivity (Wildman–Crippen MR) is 80.1 cm³/mol. The number of aromatic nitrogens is 2. The number of fused-ring (bicyclic) bond motifs is 1. The predicted octanol–water partition coefficient (Wildman–Crippen LogP) is 2.40. The van der Waals surface area contributed by atoms with E-state index >= 15 is 0 Å². The van der Waals surface area contributed by atoms with Gasteiger partial charge in [-0.15, -0.1) is 0 Å². The van der Waals surface area contributed by atoms with Gasteiger partial charge in [0.2, 0.25) is 0 Å². The summed E-state index contributed by atoms with van der Waals surface area (Å²) >= 11 is 0. The van der Waals surface area contributed by atoms with Gasteiger partial charge >= 0.3 is 5.69 Å². The van der Waals surface area contributed by atoms with E-state index in [-0.39, 0.29) is 11.5 Å². The van der Waals surface area contributed by atoms with Crippen LogP contribution in [-0.4, -0.2) is 22.9 Å². The van der Waals surface area contributed by atoms with Crippen LogP contribution in [0.1, 0.15) is 21.5 Å². The van der Waals surface area contributed by atoms with Crippen LogP contribution in [0, 0.1) is 6.92 Å². The van der Waals surface area contributed by atoms with Crippen molar-refractivity contribution < 1.29 is 9.53 Å². The van der Waals surface area contributed by atoms with Crippen molar-refractivity contribution in [3.63, 3.8) is 0 Å². The Bertz CT molecular complexity index is 890. The molecule has 5 heteroatoms. The van der Waals surface area contributed by atoms with Crippen LogP contribution in [0.5, 0.6) is 5.75 Å². The van der Waals surface area contributed by atoms with Crippen molar-refractivity contribution in [1.29, 1.82) is 0 Å². The number of benzene rings is 2. The standard InChI is InChI=1S/C16H14N2O3/c1-9-3-4-11(8-14(9)21-2)15(19)10-5-6-12-13(7-10)18-16(20)17-12/h3-8H,1-2H3,(H2,17,18,20). The number of ether oxygens (including phenoxy) is 1. The van der Waals surface area contributed by atoms with E-state index in [1.807, 2.05) is 13.0 Å². The molecule has 0 atom stereocenters. The van der Waals surface area contributed by atoms with Gasteiger partial charge in [-0.25, -0.2) is 4.79 Å². The van der Waals surface area contributed by atoms with Crippen LogP contribution in [0.2, 0.25) is 0 Å². The molecule has 21 heavy (non-hydrogen) atoms.